The Morgan fingerprint density at radius 2 is 1.80 bits per heavy atom. The highest BCUT2D eigenvalue weighted by Crippen LogP contribution is 2.36. The highest BCUT2D eigenvalue weighted by molar-refractivity contribution is 9.10. The van der Waals surface area contributed by atoms with Crippen LogP contribution in [0.5, 0.6) is 0 Å². The molecule has 0 saturated heterocycles. The summed E-state index contributed by atoms with van der Waals surface area (Å²) in [6.45, 7) is 0. The number of rotatable bonds is 3. The van der Waals surface area contributed by atoms with Gasteiger partial charge in [-0.1, -0.05) is 15.9 Å². The summed E-state index contributed by atoms with van der Waals surface area (Å²) in [5.74, 6) is 0. The molecule has 0 bridgehead atoms. The maximum absolute atomic E-state index is 12.7. The molecule has 0 aliphatic carbocycles. The zero-order chi connectivity index (χ0) is 14.8. The van der Waals surface area contributed by atoms with Gasteiger partial charge in [-0.3, -0.25) is 4.98 Å². The van der Waals surface area contributed by atoms with Crippen molar-refractivity contribution < 1.29 is 13.2 Å². The Morgan fingerprint density at radius 1 is 1.15 bits per heavy atom. The molecule has 1 aromatic carbocycles. The molecule has 1 atom stereocenters. The second-order valence-electron chi connectivity index (χ2n) is 4.26. The first kappa shape index (κ1) is 15.3. The van der Waals surface area contributed by atoms with E-state index in [1.807, 2.05) is 0 Å². The van der Waals surface area contributed by atoms with Crippen molar-refractivity contribution in [1.29, 1.82) is 0 Å². The van der Waals surface area contributed by atoms with Crippen molar-refractivity contribution in [3.8, 4) is 0 Å². The Morgan fingerprint density at radius 3 is 2.40 bits per heavy atom. The number of pyridine rings is 1. The molecule has 2 rings (SSSR count). The molecule has 106 valence electrons. The molecule has 0 saturated carbocycles. The molecule has 1 heterocycles. The second kappa shape index (κ2) is 6.14. The van der Waals surface area contributed by atoms with E-state index in [2.05, 4.69) is 20.9 Å². The highest BCUT2D eigenvalue weighted by atomic mass is 79.9. The minimum atomic E-state index is -4.37. The topological polar surface area (TPSA) is 12.9 Å². The minimum absolute atomic E-state index is 0.429. The van der Waals surface area contributed by atoms with Gasteiger partial charge in [0.05, 0.1) is 10.9 Å². The number of benzene rings is 1. The van der Waals surface area contributed by atoms with Crippen molar-refractivity contribution in [1.82, 2.24) is 4.98 Å². The van der Waals surface area contributed by atoms with Crippen LogP contribution in [0.4, 0.5) is 13.2 Å². The third-order valence-electron chi connectivity index (χ3n) is 2.83. The van der Waals surface area contributed by atoms with Crippen molar-refractivity contribution in [2.45, 2.75) is 18.0 Å². The molecule has 2 aromatic rings. The highest BCUT2D eigenvalue weighted by Gasteiger charge is 2.31. The van der Waals surface area contributed by atoms with Crippen LogP contribution in [0.2, 0.25) is 0 Å². The molecular formula is C14H10BrClF3N. The third-order valence-corrected chi connectivity index (χ3v) is 3.94. The number of hydrogen-bond donors (Lipinski definition) is 0. The molecule has 0 fully saturated rings. The van der Waals surface area contributed by atoms with Crippen LogP contribution in [0.3, 0.4) is 0 Å². The van der Waals surface area contributed by atoms with E-state index in [4.69, 9.17) is 11.6 Å². The molecule has 0 aliphatic rings. The number of nitrogens with zero attached hydrogens (tertiary/aromatic N) is 1. The van der Waals surface area contributed by atoms with Gasteiger partial charge in [-0.15, -0.1) is 11.6 Å². The molecule has 0 N–H and O–H groups in total. The Kier molecular flexibility index (Phi) is 4.70. The zero-order valence-corrected chi connectivity index (χ0v) is 12.5. The van der Waals surface area contributed by atoms with Gasteiger partial charge in [-0.2, -0.15) is 13.2 Å². The fourth-order valence-corrected chi connectivity index (χ4v) is 2.81. The Bertz CT molecular complexity index is 587. The summed E-state index contributed by atoms with van der Waals surface area (Å²) in [6, 6.07) is 7.07. The summed E-state index contributed by atoms with van der Waals surface area (Å²) in [7, 11) is 0. The van der Waals surface area contributed by atoms with Crippen LogP contribution >= 0.6 is 27.5 Å². The smallest absolute Gasteiger partial charge is 0.265 e. The van der Waals surface area contributed by atoms with Crippen molar-refractivity contribution in [3.63, 3.8) is 0 Å². The van der Waals surface area contributed by atoms with Crippen LogP contribution in [0.1, 0.15) is 22.1 Å². The lowest BCUT2D eigenvalue weighted by molar-refractivity contribution is -0.137. The first-order chi connectivity index (χ1) is 9.38. The lowest BCUT2D eigenvalue weighted by Gasteiger charge is -2.15. The van der Waals surface area contributed by atoms with E-state index in [0.717, 1.165) is 17.7 Å². The largest absolute Gasteiger partial charge is 0.416 e. The molecule has 1 aromatic heterocycles. The van der Waals surface area contributed by atoms with E-state index in [1.165, 1.54) is 6.07 Å². The van der Waals surface area contributed by atoms with Gasteiger partial charge < -0.3 is 0 Å². The van der Waals surface area contributed by atoms with Gasteiger partial charge in [0.15, 0.2) is 0 Å². The Hall–Kier alpha value is -1.07. The summed E-state index contributed by atoms with van der Waals surface area (Å²) in [5, 5.41) is -0.547. The van der Waals surface area contributed by atoms with E-state index in [-0.39, 0.29) is 0 Å². The predicted molar refractivity (Wildman–Crippen MR) is 75.7 cm³/mol. The van der Waals surface area contributed by atoms with Gasteiger partial charge in [-0.05, 0) is 47.9 Å². The Balaban J connectivity index is 2.27. The first-order valence-electron chi connectivity index (χ1n) is 5.77. The number of hydrogen-bond acceptors (Lipinski definition) is 1. The van der Waals surface area contributed by atoms with Crippen LogP contribution in [0, 0.1) is 0 Å². The molecule has 1 nitrogen and oxygen atoms in total. The van der Waals surface area contributed by atoms with Crippen LogP contribution in [-0.4, -0.2) is 4.98 Å². The molecule has 0 spiro atoms. The van der Waals surface area contributed by atoms with Crippen LogP contribution < -0.4 is 0 Å². The fourth-order valence-electron chi connectivity index (χ4n) is 1.80. The average molecular weight is 365 g/mol. The zero-order valence-electron chi connectivity index (χ0n) is 10.2. The van der Waals surface area contributed by atoms with Crippen molar-refractivity contribution in [2.24, 2.45) is 0 Å². The molecule has 1 unspecified atom stereocenters. The number of alkyl halides is 4. The first-order valence-corrected chi connectivity index (χ1v) is 7.00. The minimum Gasteiger partial charge on any atom is -0.265 e. The summed E-state index contributed by atoms with van der Waals surface area (Å²) in [6.07, 6.45) is -0.688. The summed E-state index contributed by atoms with van der Waals surface area (Å²) >= 11 is 9.50. The third kappa shape index (κ3) is 3.73. The van der Waals surface area contributed by atoms with Crippen LogP contribution in [-0.2, 0) is 12.6 Å². The van der Waals surface area contributed by atoms with E-state index in [1.54, 1.807) is 24.5 Å². The summed E-state index contributed by atoms with van der Waals surface area (Å²) < 4.78 is 38.7. The van der Waals surface area contributed by atoms with E-state index in [9.17, 15) is 13.2 Å². The molecule has 0 aliphatic heterocycles. The maximum atomic E-state index is 12.7. The van der Waals surface area contributed by atoms with Crippen molar-refractivity contribution >= 4 is 27.5 Å². The molecule has 20 heavy (non-hydrogen) atoms. The fraction of sp³-hybridized carbons (Fsp3) is 0.214. The van der Waals surface area contributed by atoms with E-state index < -0.39 is 17.1 Å². The van der Waals surface area contributed by atoms with Gasteiger partial charge in [0.2, 0.25) is 0 Å². The predicted octanol–water partition coefficient (Wildman–Crippen LogP) is 5.39. The maximum Gasteiger partial charge on any atom is 0.416 e. The van der Waals surface area contributed by atoms with Crippen LogP contribution in [0.25, 0.3) is 0 Å². The molecule has 0 amide bonds. The summed E-state index contributed by atoms with van der Waals surface area (Å²) in [4.78, 5) is 3.89. The van der Waals surface area contributed by atoms with Gasteiger partial charge in [0.25, 0.3) is 0 Å². The standard InChI is InChI=1S/C14H10BrClF3N/c15-12-2-1-10(14(17,18)19)8-11(12)13(16)7-9-3-5-20-6-4-9/h1-6,8,13H,7H2. The SMILES string of the molecule is FC(F)(F)c1ccc(Br)c(C(Cl)Cc2ccncc2)c1. The monoisotopic (exact) mass is 363 g/mol. The lowest BCUT2D eigenvalue weighted by Crippen LogP contribution is -2.07. The van der Waals surface area contributed by atoms with Gasteiger partial charge in [0.1, 0.15) is 0 Å². The molecule has 0 radical (unpaired) electrons. The molecule has 6 heteroatoms. The normalized spacial score (nSPS) is 13.2. The van der Waals surface area contributed by atoms with E-state index in [0.29, 0.717) is 16.5 Å². The van der Waals surface area contributed by atoms with Crippen molar-refractivity contribution in [2.75, 3.05) is 0 Å². The van der Waals surface area contributed by atoms with E-state index >= 15 is 0 Å². The summed E-state index contributed by atoms with van der Waals surface area (Å²) in [5.41, 5.74) is 0.652. The van der Waals surface area contributed by atoms with Gasteiger partial charge >= 0.3 is 6.18 Å². The number of halogens is 5. The van der Waals surface area contributed by atoms with Gasteiger partial charge in [0, 0.05) is 16.9 Å². The quantitative estimate of drug-likeness (QED) is 0.666. The van der Waals surface area contributed by atoms with Gasteiger partial charge in [-0.25, -0.2) is 0 Å². The lowest BCUT2D eigenvalue weighted by atomic mass is 10.0. The van der Waals surface area contributed by atoms with Crippen LogP contribution in [0.15, 0.2) is 47.2 Å². The van der Waals surface area contributed by atoms with Crippen molar-refractivity contribution in [3.05, 3.63) is 63.9 Å². The average Bonchev–Trinajstić information content (AvgIpc) is 2.39. The second-order valence-corrected chi connectivity index (χ2v) is 5.64. The number of aromatic nitrogens is 1. The Labute approximate surface area is 127 Å². The molecular weight excluding hydrogens is 355 g/mol.